The van der Waals surface area contributed by atoms with Crippen LogP contribution in [0.25, 0.3) is 11.0 Å². The van der Waals surface area contributed by atoms with Crippen molar-refractivity contribution in [2.45, 2.75) is 6.54 Å². The van der Waals surface area contributed by atoms with E-state index in [2.05, 4.69) is 15.3 Å². The average molecular weight is 283 g/mol. The van der Waals surface area contributed by atoms with Crippen molar-refractivity contribution in [3.63, 3.8) is 0 Å². The summed E-state index contributed by atoms with van der Waals surface area (Å²) in [6.45, 7) is 0.197. The number of phenolic OH excluding ortho intramolecular Hbond substituents is 2. The van der Waals surface area contributed by atoms with Gasteiger partial charge in [-0.3, -0.25) is 4.79 Å². The maximum atomic E-state index is 12.0. The first-order valence-electron chi connectivity index (χ1n) is 6.37. The lowest BCUT2D eigenvalue weighted by Gasteiger charge is -2.05. The van der Waals surface area contributed by atoms with E-state index in [0.717, 1.165) is 11.0 Å². The van der Waals surface area contributed by atoms with Gasteiger partial charge in [-0.15, -0.1) is 0 Å². The Hall–Kier alpha value is -3.02. The standard InChI is InChI=1S/C15H13N3O3/c19-9-5-6-13(20)10(7-9)15(21)16-8-14-17-11-3-1-2-4-12(11)18-14/h1-7,19-20H,8H2,(H,16,21)(H,17,18). The Kier molecular flexibility index (Phi) is 3.19. The lowest BCUT2D eigenvalue weighted by molar-refractivity contribution is 0.0947. The molecular weight excluding hydrogens is 270 g/mol. The van der Waals surface area contributed by atoms with Crippen molar-refractivity contribution in [3.05, 3.63) is 53.9 Å². The van der Waals surface area contributed by atoms with Gasteiger partial charge in [0.15, 0.2) is 0 Å². The number of aromatic hydroxyl groups is 2. The lowest BCUT2D eigenvalue weighted by Crippen LogP contribution is -2.23. The number of nitrogens with zero attached hydrogens (tertiary/aromatic N) is 1. The van der Waals surface area contributed by atoms with E-state index < -0.39 is 5.91 Å². The molecule has 0 radical (unpaired) electrons. The highest BCUT2D eigenvalue weighted by Gasteiger charge is 2.12. The molecule has 6 heteroatoms. The van der Waals surface area contributed by atoms with Gasteiger partial charge in [0.25, 0.3) is 5.91 Å². The molecule has 0 unspecified atom stereocenters. The van der Waals surface area contributed by atoms with Crippen LogP contribution in [0.4, 0.5) is 0 Å². The Morgan fingerprint density at radius 2 is 2.00 bits per heavy atom. The molecule has 0 aliphatic heterocycles. The maximum absolute atomic E-state index is 12.0. The van der Waals surface area contributed by atoms with Crippen LogP contribution < -0.4 is 5.32 Å². The van der Waals surface area contributed by atoms with Crippen LogP contribution in [-0.4, -0.2) is 26.1 Å². The second kappa shape index (κ2) is 5.16. The topological polar surface area (TPSA) is 98.2 Å². The van der Waals surface area contributed by atoms with E-state index in [9.17, 15) is 15.0 Å². The van der Waals surface area contributed by atoms with Crippen molar-refractivity contribution < 1.29 is 15.0 Å². The predicted octanol–water partition coefficient (Wildman–Crippen LogP) is 1.90. The molecule has 106 valence electrons. The number of H-pyrrole nitrogens is 1. The van der Waals surface area contributed by atoms with Crippen molar-refractivity contribution >= 4 is 16.9 Å². The number of amides is 1. The predicted molar refractivity (Wildman–Crippen MR) is 77.0 cm³/mol. The molecule has 0 aliphatic rings. The first-order valence-corrected chi connectivity index (χ1v) is 6.37. The molecule has 6 nitrogen and oxygen atoms in total. The number of hydrogen-bond donors (Lipinski definition) is 4. The van der Waals surface area contributed by atoms with Gasteiger partial charge in [0.05, 0.1) is 23.1 Å². The molecule has 0 spiro atoms. The van der Waals surface area contributed by atoms with Gasteiger partial charge >= 0.3 is 0 Å². The van der Waals surface area contributed by atoms with Gasteiger partial charge in [-0.1, -0.05) is 12.1 Å². The van der Waals surface area contributed by atoms with Gasteiger partial charge in [0.2, 0.25) is 0 Å². The fraction of sp³-hybridized carbons (Fsp3) is 0.0667. The highest BCUT2D eigenvalue weighted by atomic mass is 16.3. The smallest absolute Gasteiger partial charge is 0.255 e. The minimum Gasteiger partial charge on any atom is -0.508 e. The Labute approximate surface area is 120 Å². The Morgan fingerprint density at radius 1 is 1.19 bits per heavy atom. The van der Waals surface area contributed by atoms with E-state index in [0.29, 0.717) is 5.82 Å². The Morgan fingerprint density at radius 3 is 2.81 bits per heavy atom. The number of benzene rings is 2. The summed E-state index contributed by atoms with van der Waals surface area (Å²) >= 11 is 0. The third-order valence-electron chi connectivity index (χ3n) is 3.08. The van der Waals surface area contributed by atoms with Crippen molar-refractivity contribution in [1.82, 2.24) is 15.3 Å². The van der Waals surface area contributed by atoms with Crippen LogP contribution in [-0.2, 0) is 6.54 Å². The second-order valence-electron chi connectivity index (χ2n) is 4.58. The highest BCUT2D eigenvalue weighted by molar-refractivity contribution is 5.97. The van der Waals surface area contributed by atoms with Crippen LogP contribution in [0.2, 0.25) is 0 Å². The molecule has 1 aromatic heterocycles. The molecule has 21 heavy (non-hydrogen) atoms. The van der Waals surface area contributed by atoms with Crippen LogP contribution >= 0.6 is 0 Å². The molecule has 0 bridgehead atoms. The van der Waals surface area contributed by atoms with Crippen LogP contribution in [0.15, 0.2) is 42.5 Å². The minimum atomic E-state index is -0.483. The summed E-state index contributed by atoms with van der Waals surface area (Å²) in [5.41, 5.74) is 1.73. The van der Waals surface area contributed by atoms with Gasteiger partial charge < -0.3 is 20.5 Å². The molecule has 0 saturated heterocycles. The fourth-order valence-electron chi connectivity index (χ4n) is 2.05. The van der Waals surface area contributed by atoms with Gasteiger partial charge in [-0.05, 0) is 30.3 Å². The van der Waals surface area contributed by atoms with Crippen molar-refractivity contribution in [2.24, 2.45) is 0 Å². The summed E-state index contributed by atoms with van der Waals surface area (Å²) in [7, 11) is 0. The normalized spacial score (nSPS) is 10.7. The minimum absolute atomic E-state index is 0.0195. The van der Waals surface area contributed by atoms with Crippen LogP contribution in [0.5, 0.6) is 11.5 Å². The fourth-order valence-corrected chi connectivity index (χ4v) is 2.05. The zero-order valence-corrected chi connectivity index (χ0v) is 11.0. The third-order valence-corrected chi connectivity index (χ3v) is 3.08. The molecule has 3 aromatic rings. The molecule has 0 saturated carbocycles. The number of aromatic nitrogens is 2. The molecule has 0 aliphatic carbocycles. The molecule has 2 aromatic carbocycles. The number of para-hydroxylation sites is 2. The van der Waals surface area contributed by atoms with Gasteiger partial charge in [-0.25, -0.2) is 4.98 Å². The maximum Gasteiger partial charge on any atom is 0.255 e. The first-order chi connectivity index (χ1) is 10.1. The van der Waals surface area contributed by atoms with Crippen LogP contribution in [0.1, 0.15) is 16.2 Å². The van der Waals surface area contributed by atoms with Gasteiger partial charge in [-0.2, -0.15) is 0 Å². The number of rotatable bonds is 3. The van der Waals surface area contributed by atoms with E-state index in [1.54, 1.807) is 0 Å². The van der Waals surface area contributed by atoms with Gasteiger partial charge in [0, 0.05) is 0 Å². The summed E-state index contributed by atoms with van der Waals surface area (Å²) in [5.74, 6) is -0.135. The quantitative estimate of drug-likeness (QED) is 0.552. The van der Waals surface area contributed by atoms with E-state index >= 15 is 0 Å². The number of carbonyl (C=O) groups excluding carboxylic acids is 1. The molecular formula is C15H13N3O3. The van der Waals surface area contributed by atoms with Crippen molar-refractivity contribution in [1.29, 1.82) is 0 Å². The lowest BCUT2D eigenvalue weighted by atomic mass is 10.2. The summed E-state index contributed by atoms with van der Waals surface area (Å²) in [6.07, 6.45) is 0. The molecule has 1 amide bonds. The van der Waals surface area contributed by atoms with E-state index in [4.69, 9.17) is 0 Å². The molecule has 4 N–H and O–H groups in total. The molecule has 3 rings (SSSR count). The summed E-state index contributed by atoms with van der Waals surface area (Å²) < 4.78 is 0. The van der Waals surface area contributed by atoms with E-state index in [1.165, 1.54) is 18.2 Å². The van der Waals surface area contributed by atoms with Crippen molar-refractivity contribution in [3.8, 4) is 11.5 Å². The average Bonchev–Trinajstić information content (AvgIpc) is 2.90. The monoisotopic (exact) mass is 283 g/mol. The van der Waals surface area contributed by atoms with Crippen molar-refractivity contribution in [2.75, 3.05) is 0 Å². The molecule has 0 fully saturated rings. The number of carbonyl (C=O) groups is 1. The molecule has 1 heterocycles. The Bertz CT molecular complexity index is 778. The summed E-state index contributed by atoms with van der Waals surface area (Å²) in [5, 5.41) is 21.6. The number of fused-ring (bicyclic) bond motifs is 1. The molecule has 0 atom stereocenters. The first kappa shape index (κ1) is 13.0. The van der Waals surface area contributed by atoms with Crippen LogP contribution in [0.3, 0.4) is 0 Å². The number of nitrogens with one attached hydrogen (secondary N) is 2. The van der Waals surface area contributed by atoms with E-state index in [-0.39, 0.29) is 23.6 Å². The van der Waals surface area contributed by atoms with E-state index in [1.807, 2.05) is 24.3 Å². The zero-order valence-electron chi connectivity index (χ0n) is 11.0. The number of aromatic amines is 1. The summed E-state index contributed by atoms with van der Waals surface area (Å²) in [4.78, 5) is 19.4. The zero-order chi connectivity index (χ0) is 14.8. The SMILES string of the molecule is O=C(NCc1nc2ccccc2[nH]1)c1cc(O)ccc1O. The number of imidazole rings is 1. The second-order valence-corrected chi connectivity index (χ2v) is 4.58. The number of phenols is 2. The third kappa shape index (κ3) is 2.64. The summed E-state index contributed by atoms with van der Waals surface area (Å²) in [6, 6.07) is 11.3. The number of hydrogen-bond acceptors (Lipinski definition) is 4. The van der Waals surface area contributed by atoms with Gasteiger partial charge in [0.1, 0.15) is 17.3 Å². The highest BCUT2D eigenvalue weighted by Crippen LogP contribution is 2.21. The van der Waals surface area contributed by atoms with Crippen LogP contribution in [0, 0.1) is 0 Å². The Balaban J connectivity index is 1.74. The largest absolute Gasteiger partial charge is 0.508 e.